The van der Waals surface area contributed by atoms with Crippen LogP contribution in [0.5, 0.6) is 0 Å². The second-order valence-corrected chi connectivity index (χ2v) is 7.32. The number of carboxylic acid groups (broad SMARTS) is 1. The average Bonchev–Trinajstić information content (AvgIpc) is 2.89. The number of amides is 2. The Hall–Kier alpha value is -2.80. The van der Waals surface area contributed by atoms with E-state index >= 15 is 0 Å². The minimum atomic E-state index is -1.30. The number of nitrogens with zero attached hydrogens (tertiary/aromatic N) is 2. The van der Waals surface area contributed by atoms with E-state index in [2.05, 4.69) is 0 Å². The molecule has 1 aliphatic rings. The first-order valence-electron chi connectivity index (χ1n) is 7.99. The normalized spacial score (nSPS) is 16.8. The zero-order valence-electron chi connectivity index (χ0n) is 14.3. The molecular weight excluding hydrogens is 352 g/mol. The van der Waals surface area contributed by atoms with E-state index in [0.29, 0.717) is 10.6 Å². The van der Waals surface area contributed by atoms with Gasteiger partial charge in [0.25, 0.3) is 0 Å². The van der Waals surface area contributed by atoms with Crippen LogP contribution in [0.15, 0.2) is 53.4 Å². The lowest BCUT2D eigenvalue weighted by atomic mass is 10.2. The molecule has 1 saturated heterocycles. The van der Waals surface area contributed by atoms with E-state index in [1.165, 1.54) is 11.0 Å². The summed E-state index contributed by atoms with van der Waals surface area (Å²) in [6, 6.07) is 13.5. The Morgan fingerprint density at radius 2 is 1.77 bits per heavy atom. The molecule has 2 amide bonds. The quantitative estimate of drug-likeness (QED) is 0.744. The first-order valence-corrected chi connectivity index (χ1v) is 8.87. The summed E-state index contributed by atoms with van der Waals surface area (Å²) in [6.07, 6.45) is 0.0281. The molecule has 2 aromatic rings. The number of benzene rings is 2. The summed E-state index contributed by atoms with van der Waals surface area (Å²) in [4.78, 5) is 39.8. The molecule has 1 heterocycles. The molecule has 0 aromatic heterocycles. The number of aromatic carboxylic acids is 1. The van der Waals surface area contributed by atoms with Crippen molar-refractivity contribution in [1.29, 1.82) is 0 Å². The van der Waals surface area contributed by atoms with E-state index in [0.717, 1.165) is 17.4 Å². The van der Waals surface area contributed by atoms with Crippen LogP contribution in [0, 0.1) is 0 Å². The number of thioether (sulfide) groups is 1. The van der Waals surface area contributed by atoms with Crippen molar-refractivity contribution in [3.8, 4) is 0 Å². The molecule has 0 spiro atoms. The van der Waals surface area contributed by atoms with E-state index in [-0.39, 0.29) is 23.8 Å². The van der Waals surface area contributed by atoms with Gasteiger partial charge in [-0.1, -0.05) is 18.2 Å². The van der Waals surface area contributed by atoms with Gasteiger partial charge in [-0.2, -0.15) is 0 Å². The van der Waals surface area contributed by atoms with Crippen molar-refractivity contribution in [3.05, 3.63) is 54.1 Å². The number of anilines is 2. The first-order chi connectivity index (χ1) is 12.4. The smallest absolute Gasteiger partial charge is 0.247 e. The number of carbonyl (C=O) groups excluding carboxylic acids is 3. The third-order valence-electron chi connectivity index (χ3n) is 4.11. The molecule has 0 saturated carbocycles. The van der Waals surface area contributed by atoms with Gasteiger partial charge in [-0.05, 0) is 30.3 Å². The minimum absolute atomic E-state index is 0.0199. The van der Waals surface area contributed by atoms with E-state index in [1.54, 1.807) is 30.3 Å². The molecule has 1 atom stereocenters. The Bertz CT molecular complexity index is 864. The molecule has 0 N–H and O–H groups in total. The largest absolute Gasteiger partial charge is 0.545 e. The fraction of sp³-hybridized carbons (Fsp3) is 0.211. The Labute approximate surface area is 155 Å². The third-order valence-corrected chi connectivity index (χ3v) is 5.37. The predicted octanol–water partition coefficient (Wildman–Crippen LogP) is 1.54. The monoisotopic (exact) mass is 369 g/mol. The first kappa shape index (κ1) is 18.0. The van der Waals surface area contributed by atoms with E-state index in [9.17, 15) is 19.5 Å². The summed E-state index contributed by atoms with van der Waals surface area (Å²) >= 11 is 1.08. The lowest BCUT2D eigenvalue weighted by Gasteiger charge is -2.18. The van der Waals surface area contributed by atoms with Crippen LogP contribution in [-0.4, -0.2) is 37.1 Å². The summed E-state index contributed by atoms with van der Waals surface area (Å²) in [7, 11) is 3.81. The van der Waals surface area contributed by atoms with E-state index < -0.39 is 11.2 Å². The Balaban J connectivity index is 1.82. The molecule has 1 aliphatic heterocycles. The molecule has 2 aromatic carbocycles. The second kappa shape index (κ2) is 7.21. The van der Waals surface area contributed by atoms with E-state index in [1.807, 2.05) is 31.1 Å². The van der Waals surface area contributed by atoms with Crippen molar-refractivity contribution < 1.29 is 19.5 Å². The van der Waals surface area contributed by atoms with Crippen LogP contribution < -0.4 is 14.9 Å². The molecule has 7 heteroatoms. The van der Waals surface area contributed by atoms with Crippen LogP contribution in [0.3, 0.4) is 0 Å². The summed E-state index contributed by atoms with van der Waals surface area (Å²) in [6.45, 7) is 0. The number of hydrogen-bond acceptors (Lipinski definition) is 6. The van der Waals surface area contributed by atoms with Gasteiger partial charge in [0.05, 0.1) is 16.9 Å². The molecule has 134 valence electrons. The third kappa shape index (κ3) is 3.43. The summed E-state index contributed by atoms with van der Waals surface area (Å²) in [5, 5.41) is 10.6. The maximum atomic E-state index is 12.7. The number of imide groups is 1. The minimum Gasteiger partial charge on any atom is -0.545 e. The summed E-state index contributed by atoms with van der Waals surface area (Å²) in [5.41, 5.74) is 1.50. The topological polar surface area (TPSA) is 80.8 Å². The van der Waals surface area contributed by atoms with Gasteiger partial charge >= 0.3 is 0 Å². The molecule has 0 bridgehead atoms. The van der Waals surface area contributed by atoms with Gasteiger partial charge in [0, 0.05) is 36.7 Å². The van der Waals surface area contributed by atoms with Gasteiger partial charge in [0.15, 0.2) is 0 Å². The average molecular weight is 369 g/mol. The molecule has 3 rings (SSSR count). The maximum Gasteiger partial charge on any atom is 0.247 e. The SMILES string of the molecule is CN(C)c1ccc(N2C(=O)C[C@@H](Sc3ccccc3C(=O)[O-])C2=O)cc1. The van der Waals surface area contributed by atoms with Crippen LogP contribution in [0.2, 0.25) is 0 Å². The van der Waals surface area contributed by atoms with Crippen molar-refractivity contribution in [3.63, 3.8) is 0 Å². The lowest BCUT2D eigenvalue weighted by Crippen LogP contribution is -2.31. The number of carboxylic acids is 1. The zero-order chi connectivity index (χ0) is 18.8. The van der Waals surface area contributed by atoms with Crippen molar-refractivity contribution in [1.82, 2.24) is 0 Å². The molecule has 0 unspecified atom stereocenters. The van der Waals surface area contributed by atoms with Crippen LogP contribution in [0.25, 0.3) is 0 Å². The molecule has 26 heavy (non-hydrogen) atoms. The Morgan fingerprint density at radius 3 is 2.38 bits per heavy atom. The van der Waals surface area contributed by atoms with Crippen LogP contribution in [0.4, 0.5) is 11.4 Å². The van der Waals surface area contributed by atoms with Gasteiger partial charge in [0.1, 0.15) is 0 Å². The highest BCUT2D eigenvalue weighted by atomic mass is 32.2. The fourth-order valence-corrected chi connectivity index (χ4v) is 3.93. The zero-order valence-corrected chi connectivity index (χ0v) is 15.2. The highest BCUT2D eigenvalue weighted by Gasteiger charge is 2.40. The summed E-state index contributed by atoms with van der Waals surface area (Å²) < 4.78 is 0. The lowest BCUT2D eigenvalue weighted by molar-refractivity contribution is -0.255. The molecular formula is C19H17N2O4S-. The van der Waals surface area contributed by atoms with Crippen molar-refractivity contribution in [2.75, 3.05) is 23.9 Å². The number of carbonyl (C=O) groups is 3. The predicted molar refractivity (Wildman–Crippen MR) is 98.3 cm³/mol. The standard InChI is InChI=1S/C19H18N2O4S/c1-20(2)12-7-9-13(10-8-12)21-17(22)11-16(18(21)23)26-15-6-4-3-5-14(15)19(24)25/h3-10,16H,11H2,1-2H3,(H,24,25)/p-1/t16-/m1/s1. The van der Waals surface area contributed by atoms with Crippen molar-refractivity contribution in [2.45, 2.75) is 16.6 Å². The molecule has 0 aliphatic carbocycles. The molecule has 0 radical (unpaired) electrons. The Kier molecular flexibility index (Phi) is 4.99. The van der Waals surface area contributed by atoms with Gasteiger partial charge in [0.2, 0.25) is 11.8 Å². The van der Waals surface area contributed by atoms with Gasteiger partial charge in [-0.25, -0.2) is 4.90 Å². The van der Waals surface area contributed by atoms with Crippen molar-refractivity contribution >= 4 is 40.9 Å². The van der Waals surface area contributed by atoms with E-state index in [4.69, 9.17) is 0 Å². The van der Waals surface area contributed by atoms with Gasteiger partial charge in [-0.3, -0.25) is 9.59 Å². The van der Waals surface area contributed by atoms with Crippen LogP contribution >= 0.6 is 11.8 Å². The fourth-order valence-electron chi connectivity index (χ4n) is 2.76. The molecule has 6 nitrogen and oxygen atoms in total. The second-order valence-electron chi connectivity index (χ2n) is 6.07. The van der Waals surface area contributed by atoms with Gasteiger partial charge < -0.3 is 14.8 Å². The van der Waals surface area contributed by atoms with Crippen LogP contribution in [-0.2, 0) is 9.59 Å². The maximum absolute atomic E-state index is 12.7. The highest BCUT2D eigenvalue weighted by Crippen LogP contribution is 2.35. The van der Waals surface area contributed by atoms with Crippen LogP contribution in [0.1, 0.15) is 16.8 Å². The highest BCUT2D eigenvalue weighted by molar-refractivity contribution is 8.00. The molecule has 1 fully saturated rings. The van der Waals surface area contributed by atoms with Crippen molar-refractivity contribution in [2.24, 2.45) is 0 Å². The number of rotatable bonds is 5. The number of hydrogen-bond donors (Lipinski definition) is 0. The van der Waals surface area contributed by atoms with Gasteiger partial charge in [-0.15, -0.1) is 11.8 Å². The Morgan fingerprint density at radius 1 is 1.12 bits per heavy atom. The summed E-state index contributed by atoms with van der Waals surface area (Å²) in [5.74, 6) is -1.94.